The molecule has 1 heterocycles. The van der Waals surface area contributed by atoms with Gasteiger partial charge in [0.25, 0.3) is 11.8 Å². The van der Waals surface area contributed by atoms with Gasteiger partial charge in [0.15, 0.2) is 12.4 Å². The summed E-state index contributed by atoms with van der Waals surface area (Å²) in [6, 6.07) is 8.05. The van der Waals surface area contributed by atoms with E-state index < -0.39 is 24.4 Å². The fraction of sp³-hybridized carbons (Fsp3) is 0.188. The number of amides is 2. The molecule has 0 spiro atoms. The quantitative estimate of drug-likeness (QED) is 0.778. The summed E-state index contributed by atoms with van der Waals surface area (Å²) in [5.41, 5.74) is 1.38. The van der Waals surface area contributed by atoms with Crippen LogP contribution in [-0.4, -0.2) is 30.9 Å². The molecule has 0 aliphatic carbocycles. The average molecular weight is 351 g/mol. The Morgan fingerprint density at radius 1 is 1.25 bits per heavy atom. The van der Waals surface area contributed by atoms with Gasteiger partial charge < -0.3 is 19.8 Å². The fourth-order valence-electron chi connectivity index (χ4n) is 1.71. The SMILES string of the molecule is Cc1ccc(NC(=O)COC(=O)CNC(=O)c2ccco2)cc1Cl. The van der Waals surface area contributed by atoms with E-state index in [1.54, 1.807) is 24.3 Å². The molecule has 0 fully saturated rings. The number of nitrogens with one attached hydrogen (secondary N) is 2. The number of anilines is 1. The van der Waals surface area contributed by atoms with Gasteiger partial charge in [0.2, 0.25) is 0 Å². The van der Waals surface area contributed by atoms with Crippen LogP contribution in [0.4, 0.5) is 5.69 Å². The molecule has 1 aromatic heterocycles. The van der Waals surface area contributed by atoms with Crippen LogP contribution in [0.5, 0.6) is 0 Å². The number of carbonyl (C=O) groups is 3. The molecule has 0 aliphatic heterocycles. The van der Waals surface area contributed by atoms with Crippen molar-refractivity contribution in [2.45, 2.75) is 6.92 Å². The molecule has 2 amide bonds. The van der Waals surface area contributed by atoms with E-state index in [0.717, 1.165) is 5.56 Å². The minimum Gasteiger partial charge on any atom is -0.459 e. The van der Waals surface area contributed by atoms with Gasteiger partial charge in [0, 0.05) is 10.7 Å². The zero-order chi connectivity index (χ0) is 17.5. The van der Waals surface area contributed by atoms with Crippen molar-refractivity contribution < 1.29 is 23.5 Å². The van der Waals surface area contributed by atoms with Crippen LogP contribution < -0.4 is 10.6 Å². The minimum atomic E-state index is -0.744. The maximum atomic E-state index is 11.7. The Morgan fingerprint density at radius 2 is 2.04 bits per heavy atom. The number of esters is 1. The molecule has 0 radical (unpaired) electrons. The Bertz CT molecular complexity index is 743. The highest BCUT2D eigenvalue weighted by Crippen LogP contribution is 2.19. The first kappa shape index (κ1) is 17.6. The Kier molecular flexibility index (Phi) is 5.97. The molecule has 24 heavy (non-hydrogen) atoms. The lowest BCUT2D eigenvalue weighted by Gasteiger charge is -2.08. The zero-order valence-corrected chi connectivity index (χ0v) is 13.6. The second kappa shape index (κ2) is 8.16. The molecule has 2 rings (SSSR count). The molecule has 0 saturated carbocycles. The lowest BCUT2D eigenvalue weighted by atomic mass is 10.2. The Balaban J connectivity index is 1.72. The maximum Gasteiger partial charge on any atom is 0.325 e. The number of rotatable bonds is 6. The summed E-state index contributed by atoms with van der Waals surface area (Å²) in [6.07, 6.45) is 1.34. The van der Waals surface area contributed by atoms with Crippen molar-refractivity contribution in [2.75, 3.05) is 18.5 Å². The van der Waals surface area contributed by atoms with Crippen molar-refractivity contribution in [3.63, 3.8) is 0 Å². The molecule has 0 bridgehead atoms. The number of carbonyl (C=O) groups excluding carboxylic acids is 3. The summed E-state index contributed by atoms with van der Waals surface area (Å²) >= 11 is 5.95. The average Bonchev–Trinajstić information content (AvgIpc) is 3.08. The number of furan rings is 1. The van der Waals surface area contributed by atoms with Gasteiger partial charge in [-0.05, 0) is 36.8 Å². The summed E-state index contributed by atoms with van der Waals surface area (Å²) in [5.74, 6) is -1.72. The van der Waals surface area contributed by atoms with Gasteiger partial charge >= 0.3 is 5.97 Å². The van der Waals surface area contributed by atoms with E-state index in [0.29, 0.717) is 10.7 Å². The first-order valence-electron chi connectivity index (χ1n) is 6.99. The molecule has 7 nitrogen and oxygen atoms in total. The normalized spacial score (nSPS) is 10.1. The summed E-state index contributed by atoms with van der Waals surface area (Å²) in [5, 5.41) is 5.38. The van der Waals surface area contributed by atoms with Crippen molar-refractivity contribution in [3.8, 4) is 0 Å². The van der Waals surface area contributed by atoms with E-state index in [2.05, 4.69) is 10.6 Å². The lowest BCUT2D eigenvalue weighted by Crippen LogP contribution is -2.32. The van der Waals surface area contributed by atoms with Gasteiger partial charge in [-0.15, -0.1) is 0 Å². The molecule has 1 aromatic carbocycles. The molecule has 8 heteroatoms. The van der Waals surface area contributed by atoms with Gasteiger partial charge in [-0.2, -0.15) is 0 Å². The monoisotopic (exact) mass is 350 g/mol. The number of aryl methyl sites for hydroxylation is 1. The third-order valence-electron chi connectivity index (χ3n) is 2.96. The van der Waals surface area contributed by atoms with Crippen LogP contribution in [0.25, 0.3) is 0 Å². The third kappa shape index (κ3) is 5.13. The highest BCUT2D eigenvalue weighted by Gasteiger charge is 2.12. The second-order valence-corrected chi connectivity index (χ2v) is 5.24. The fourth-order valence-corrected chi connectivity index (χ4v) is 1.89. The van der Waals surface area contributed by atoms with E-state index in [-0.39, 0.29) is 12.3 Å². The van der Waals surface area contributed by atoms with Gasteiger partial charge in [0.1, 0.15) is 6.54 Å². The first-order chi connectivity index (χ1) is 11.5. The van der Waals surface area contributed by atoms with E-state index in [1.165, 1.54) is 12.3 Å². The number of halogens is 1. The highest BCUT2D eigenvalue weighted by molar-refractivity contribution is 6.31. The van der Waals surface area contributed by atoms with Gasteiger partial charge in [0.05, 0.1) is 6.26 Å². The van der Waals surface area contributed by atoms with Crippen LogP contribution in [0.1, 0.15) is 16.1 Å². The summed E-state index contributed by atoms with van der Waals surface area (Å²) in [6.45, 7) is 0.997. The van der Waals surface area contributed by atoms with E-state index >= 15 is 0 Å². The van der Waals surface area contributed by atoms with Crippen LogP contribution in [-0.2, 0) is 14.3 Å². The number of benzene rings is 1. The van der Waals surface area contributed by atoms with Gasteiger partial charge in [-0.25, -0.2) is 0 Å². The van der Waals surface area contributed by atoms with Crippen LogP contribution in [0.2, 0.25) is 5.02 Å². The van der Waals surface area contributed by atoms with Crippen molar-refractivity contribution >= 4 is 35.1 Å². The Morgan fingerprint density at radius 3 is 2.71 bits per heavy atom. The van der Waals surface area contributed by atoms with Crippen LogP contribution in [0.3, 0.4) is 0 Å². The summed E-state index contributed by atoms with van der Waals surface area (Å²) < 4.78 is 9.64. The molecular weight excluding hydrogens is 336 g/mol. The molecule has 0 atom stereocenters. The van der Waals surface area contributed by atoms with Crippen LogP contribution in [0.15, 0.2) is 41.0 Å². The molecule has 0 aliphatic rings. The maximum absolute atomic E-state index is 11.7. The van der Waals surface area contributed by atoms with Crippen LogP contribution >= 0.6 is 11.6 Å². The Labute approximate surface area is 142 Å². The van der Waals surface area contributed by atoms with E-state index in [9.17, 15) is 14.4 Å². The smallest absolute Gasteiger partial charge is 0.325 e. The van der Waals surface area contributed by atoms with Crippen molar-refractivity contribution in [1.82, 2.24) is 5.32 Å². The van der Waals surface area contributed by atoms with Crippen molar-refractivity contribution in [2.24, 2.45) is 0 Å². The number of ether oxygens (including phenoxy) is 1. The molecule has 0 unspecified atom stereocenters. The summed E-state index contributed by atoms with van der Waals surface area (Å²) in [4.78, 5) is 34.8. The zero-order valence-electron chi connectivity index (χ0n) is 12.8. The largest absolute Gasteiger partial charge is 0.459 e. The van der Waals surface area contributed by atoms with Crippen molar-refractivity contribution in [3.05, 3.63) is 52.9 Å². The van der Waals surface area contributed by atoms with Crippen LogP contribution in [0, 0.1) is 6.92 Å². The molecule has 126 valence electrons. The predicted octanol–water partition coefficient (Wildman–Crippen LogP) is 2.15. The molecule has 0 saturated heterocycles. The highest BCUT2D eigenvalue weighted by atomic mass is 35.5. The number of hydrogen-bond donors (Lipinski definition) is 2. The standard InChI is InChI=1S/C16H15ClN2O5/c1-10-4-5-11(7-12(10)17)19-14(20)9-24-15(21)8-18-16(22)13-3-2-6-23-13/h2-7H,8-9H2,1H3,(H,18,22)(H,19,20). The number of hydrogen-bond acceptors (Lipinski definition) is 5. The second-order valence-electron chi connectivity index (χ2n) is 4.83. The van der Waals surface area contributed by atoms with E-state index in [4.69, 9.17) is 20.8 Å². The Hall–Kier alpha value is -2.80. The first-order valence-corrected chi connectivity index (χ1v) is 7.37. The minimum absolute atomic E-state index is 0.0804. The molecule has 2 aromatic rings. The topological polar surface area (TPSA) is 97.6 Å². The molecule has 2 N–H and O–H groups in total. The summed E-state index contributed by atoms with van der Waals surface area (Å²) in [7, 11) is 0. The lowest BCUT2D eigenvalue weighted by molar-refractivity contribution is -0.146. The van der Waals surface area contributed by atoms with Gasteiger partial charge in [-0.3, -0.25) is 14.4 Å². The molecular formula is C16H15ClN2O5. The van der Waals surface area contributed by atoms with Gasteiger partial charge in [-0.1, -0.05) is 17.7 Å². The predicted molar refractivity (Wildman–Crippen MR) is 86.8 cm³/mol. The van der Waals surface area contributed by atoms with E-state index in [1.807, 2.05) is 6.92 Å². The third-order valence-corrected chi connectivity index (χ3v) is 3.37. The van der Waals surface area contributed by atoms with Crippen molar-refractivity contribution in [1.29, 1.82) is 0 Å².